The minimum absolute atomic E-state index is 0.169. The quantitative estimate of drug-likeness (QED) is 0.720. The molecule has 0 spiro atoms. The molecule has 1 aromatic carbocycles. The monoisotopic (exact) mass is 407 g/mol. The summed E-state index contributed by atoms with van der Waals surface area (Å²) in [4.78, 5) is 39.7. The Bertz CT molecular complexity index is 673. The van der Waals surface area contributed by atoms with Crippen LogP contribution in [0.2, 0.25) is 0 Å². The van der Waals surface area contributed by atoms with Crippen molar-refractivity contribution in [3.8, 4) is 0 Å². The fraction of sp³-hybridized carbons (Fsp3) is 0.526. The zero-order chi connectivity index (χ0) is 18.0. The Hall–Kier alpha value is -1.69. The van der Waals surface area contributed by atoms with E-state index in [0.717, 1.165) is 23.7 Å². The summed E-state index contributed by atoms with van der Waals surface area (Å²) in [6.45, 7) is 2.01. The Morgan fingerprint density at radius 3 is 2.64 bits per heavy atom. The smallest absolute Gasteiger partial charge is 0.328 e. The Labute approximate surface area is 155 Å². The zero-order valence-corrected chi connectivity index (χ0v) is 15.8. The normalized spacial score (nSPS) is 26.1. The number of likely N-dealkylation sites (tertiary alicyclic amines) is 1. The van der Waals surface area contributed by atoms with E-state index in [0.29, 0.717) is 18.4 Å². The first-order chi connectivity index (χ1) is 12.0. The van der Waals surface area contributed by atoms with Crippen LogP contribution in [0.15, 0.2) is 28.7 Å². The van der Waals surface area contributed by atoms with Crippen molar-refractivity contribution in [3.63, 3.8) is 0 Å². The van der Waals surface area contributed by atoms with E-state index in [-0.39, 0.29) is 30.3 Å². The maximum Gasteiger partial charge on any atom is 0.328 e. The number of carbonyl (C=O) groups excluding carboxylic acids is 3. The molecule has 0 N–H and O–H groups in total. The molecule has 1 aliphatic heterocycles. The van der Waals surface area contributed by atoms with Crippen LogP contribution in [0.3, 0.4) is 0 Å². The van der Waals surface area contributed by atoms with Gasteiger partial charge in [-0.1, -0.05) is 22.4 Å². The third-order valence-electron chi connectivity index (χ3n) is 5.11. The lowest BCUT2D eigenvalue weighted by Gasteiger charge is -2.30. The molecular formula is C19H22BrNO4. The van der Waals surface area contributed by atoms with Crippen LogP contribution in [0.1, 0.15) is 49.4 Å². The van der Waals surface area contributed by atoms with Gasteiger partial charge in [0.05, 0.1) is 6.61 Å². The predicted molar refractivity (Wildman–Crippen MR) is 96.1 cm³/mol. The average Bonchev–Trinajstić information content (AvgIpc) is 2.89. The first-order valence-electron chi connectivity index (χ1n) is 8.80. The van der Waals surface area contributed by atoms with Gasteiger partial charge in [0.1, 0.15) is 11.8 Å². The molecular weight excluding hydrogens is 386 g/mol. The van der Waals surface area contributed by atoms with Crippen LogP contribution >= 0.6 is 15.9 Å². The summed E-state index contributed by atoms with van der Waals surface area (Å²) in [5, 5.41) is 0. The molecule has 0 radical (unpaired) electrons. The molecule has 1 saturated heterocycles. The molecule has 3 atom stereocenters. The van der Waals surface area contributed by atoms with Crippen LogP contribution in [0.4, 0.5) is 0 Å². The van der Waals surface area contributed by atoms with Crippen molar-refractivity contribution >= 4 is 33.6 Å². The largest absolute Gasteiger partial charge is 0.464 e. The average molecular weight is 408 g/mol. The highest BCUT2D eigenvalue weighted by molar-refractivity contribution is 9.10. The topological polar surface area (TPSA) is 63.7 Å². The Morgan fingerprint density at radius 1 is 1.24 bits per heavy atom. The van der Waals surface area contributed by atoms with Gasteiger partial charge in [0.15, 0.2) is 0 Å². The Morgan fingerprint density at radius 2 is 1.96 bits per heavy atom. The third-order valence-corrected chi connectivity index (χ3v) is 5.63. The zero-order valence-electron chi connectivity index (χ0n) is 14.2. The maximum atomic E-state index is 13.1. The highest BCUT2D eigenvalue weighted by Gasteiger charge is 2.50. The highest BCUT2D eigenvalue weighted by atomic mass is 79.9. The molecule has 0 unspecified atom stereocenters. The molecule has 1 saturated carbocycles. The van der Waals surface area contributed by atoms with E-state index >= 15 is 0 Å². The summed E-state index contributed by atoms with van der Waals surface area (Å²) in [5.74, 6) is -0.694. The number of halogens is 1. The molecule has 25 heavy (non-hydrogen) atoms. The molecule has 1 amide bonds. The number of ketones is 1. The van der Waals surface area contributed by atoms with Crippen molar-refractivity contribution in [2.45, 2.75) is 51.1 Å². The van der Waals surface area contributed by atoms with Crippen molar-refractivity contribution in [2.75, 3.05) is 6.61 Å². The molecule has 0 bridgehead atoms. The van der Waals surface area contributed by atoms with Crippen molar-refractivity contribution in [1.29, 1.82) is 0 Å². The van der Waals surface area contributed by atoms with E-state index in [9.17, 15) is 14.4 Å². The SMILES string of the molecule is CCOC(=O)[C@H]1C[C@H]2C(=O)CCCC[C@@H]2N1C(=O)c1ccc(Br)cc1. The molecule has 1 aliphatic carbocycles. The molecule has 5 nitrogen and oxygen atoms in total. The highest BCUT2D eigenvalue weighted by Crippen LogP contribution is 2.38. The summed E-state index contributed by atoms with van der Waals surface area (Å²) in [6, 6.07) is 6.20. The molecule has 6 heteroatoms. The van der Waals surface area contributed by atoms with Crippen LogP contribution in [-0.4, -0.2) is 41.3 Å². The van der Waals surface area contributed by atoms with Gasteiger partial charge in [-0.15, -0.1) is 0 Å². The fourth-order valence-corrected chi connectivity index (χ4v) is 4.21. The van der Waals surface area contributed by atoms with Crippen molar-refractivity contribution < 1.29 is 19.1 Å². The fourth-order valence-electron chi connectivity index (χ4n) is 3.94. The van der Waals surface area contributed by atoms with Crippen molar-refractivity contribution in [3.05, 3.63) is 34.3 Å². The van der Waals surface area contributed by atoms with Gasteiger partial charge in [-0.2, -0.15) is 0 Å². The minimum atomic E-state index is -0.673. The van der Waals surface area contributed by atoms with Gasteiger partial charge in [-0.05, 0) is 50.5 Å². The van der Waals surface area contributed by atoms with E-state index in [1.165, 1.54) is 0 Å². The Balaban J connectivity index is 1.94. The molecule has 1 aromatic rings. The molecule has 3 rings (SSSR count). The van der Waals surface area contributed by atoms with Gasteiger partial charge < -0.3 is 9.64 Å². The van der Waals surface area contributed by atoms with Crippen LogP contribution in [0.25, 0.3) is 0 Å². The lowest BCUT2D eigenvalue weighted by atomic mass is 9.93. The van der Waals surface area contributed by atoms with E-state index in [2.05, 4.69) is 15.9 Å². The second kappa shape index (κ2) is 7.68. The van der Waals surface area contributed by atoms with Gasteiger partial charge in [0, 0.05) is 28.4 Å². The standard InChI is InChI=1S/C19H22BrNO4/c1-2-25-19(24)16-11-14-15(5-3-4-6-17(14)22)21(16)18(23)12-7-9-13(20)10-8-12/h7-10,14-16H,2-6,11H2,1H3/t14-,15+,16-/m1/s1. The molecule has 0 aromatic heterocycles. The summed E-state index contributed by atoms with van der Waals surface area (Å²) >= 11 is 3.36. The van der Waals surface area contributed by atoms with Crippen molar-refractivity contribution in [1.82, 2.24) is 4.90 Å². The van der Waals surface area contributed by atoms with Crippen LogP contribution in [0, 0.1) is 5.92 Å². The summed E-state index contributed by atoms with van der Waals surface area (Å²) in [5.41, 5.74) is 0.523. The number of rotatable bonds is 3. The first-order valence-corrected chi connectivity index (χ1v) is 9.59. The van der Waals surface area contributed by atoms with Crippen LogP contribution < -0.4 is 0 Å². The number of fused-ring (bicyclic) bond motifs is 1. The van der Waals surface area contributed by atoms with E-state index in [1.807, 2.05) is 0 Å². The summed E-state index contributed by atoms with van der Waals surface area (Å²) < 4.78 is 6.07. The number of hydrogen-bond donors (Lipinski definition) is 0. The van der Waals surface area contributed by atoms with E-state index < -0.39 is 12.0 Å². The number of amides is 1. The van der Waals surface area contributed by atoms with Gasteiger partial charge in [0.2, 0.25) is 0 Å². The number of nitrogens with zero attached hydrogens (tertiary/aromatic N) is 1. The number of carbonyl (C=O) groups is 3. The van der Waals surface area contributed by atoms with Crippen LogP contribution in [0.5, 0.6) is 0 Å². The van der Waals surface area contributed by atoms with Crippen molar-refractivity contribution in [2.24, 2.45) is 5.92 Å². The second-order valence-electron chi connectivity index (χ2n) is 6.61. The van der Waals surface area contributed by atoms with Gasteiger partial charge >= 0.3 is 5.97 Å². The molecule has 2 fully saturated rings. The maximum absolute atomic E-state index is 13.1. The number of benzene rings is 1. The molecule has 1 heterocycles. The lowest BCUT2D eigenvalue weighted by Crippen LogP contribution is -2.46. The van der Waals surface area contributed by atoms with E-state index in [4.69, 9.17) is 4.74 Å². The minimum Gasteiger partial charge on any atom is -0.464 e. The first kappa shape index (κ1) is 18.1. The van der Waals surface area contributed by atoms with Gasteiger partial charge in [-0.25, -0.2) is 4.79 Å². The number of esters is 1. The second-order valence-corrected chi connectivity index (χ2v) is 7.52. The number of ether oxygens (including phenoxy) is 1. The molecule has 2 aliphatic rings. The lowest BCUT2D eigenvalue weighted by molar-refractivity contribution is -0.148. The van der Waals surface area contributed by atoms with E-state index in [1.54, 1.807) is 36.1 Å². The summed E-state index contributed by atoms with van der Waals surface area (Å²) in [7, 11) is 0. The summed E-state index contributed by atoms with van der Waals surface area (Å²) in [6.07, 6.45) is 3.43. The van der Waals surface area contributed by atoms with Crippen LogP contribution in [-0.2, 0) is 14.3 Å². The number of Topliss-reactive ketones (excluding diaryl/α,β-unsaturated/α-hetero) is 1. The Kier molecular flexibility index (Phi) is 5.57. The third kappa shape index (κ3) is 3.64. The molecule has 134 valence electrons. The van der Waals surface area contributed by atoms with Gasteiger partial charge in [0.25, 0.3) is 5.91 Å². The number of hydrogen-bond acceptors (Lipinski definition) is 4. The predicted octanol–water partition coefficient (Wildman–Crippen LogP) is 3.35. The van der Waals surface area contributed by atoms with Gasteiger partial charge in [-0.3, -0.25) is 9.59 Å².